The predicted molar refractivity (Wildman–Crippen MR) is 69.8 cm³/mol. The summed E-state index contributed by atoms with van der Waals surface area (Å²) in [7, 11) is 0. The van der Waals surface area contributed by atoms with E-state index in [1.54, 1.807) is 6.07 Å². The third-order valence-corrected chi connectivity index (χ3v) is 3.59. The van der Waals surface area contributed by atoms with Gasteiger partial charge in [0.25, 0.3) is 0 Å². The fourth-order valence-electron chi connectivity index (χ4n) is 2.66. The number of hydrogen-bond donors (Lipinski definition) is 2. The molecule has 1 aliphatic carbocycles. The lowest BCUT2D eigenvalue weighted by molar-refractivity contribution is 0.406. The Balaban J connectivity index is 1.64. The van der Waals surface area contributed by atoms with Crippen LogP contribution in [-0.4, -0.2) is 21.8 Å². The molecule has 1 atom stereocenters. The minimum atomic E-state index is 0.308. The molecule has 3 rings (SSSR count). The molecule has 0 radical (unpaired) electrons. The van der Waals surface area contributed by atoms with Crippen molar-refractivity contribution in [3.8, 4) is 5.75 Å². The monoisotopic (exact) mass is 259 g/mol. The number of nitrogens with zero attached hydrogens (tertiary/aromatic N) is 2. The van der Waals surface area contributed by atoms with Gasteiger partial charge in [0.1, 0.15) is 5.75 Å². The number of aromatic nitrogens is 2. The van der Waals surface area contributed by atoms with Gasteiger partial charge < -0.3 is 14.9 Å². The summed E-state index contributed by atoms with van der Waals surface area (Å²) in [4.78, 5) is 4.00. The third kappa shape index (κ3) is 2.76. The predicted octanol–water partition coefficient (Wildman–Crippen LogP) is 1.98. The van der Waals surface area contributed by atoms with Crippen molar-refractivity contribution >= 4 is 0 Å². The first kappa shape index (κ1) is 12.2. The van der Waals surface area contributed by atoms with Gasteiger partial charge in [-0.2, -0.15) is 4.98 Å². The van der Waals surface area contributed by atoms with Crippen LogP contribution < -0.4 is 5.32 Å². The Bertz CT molecular complexity index is 540. The maximum absolute atomic E-state index is 9.62. The van der Waals surface area contributed by atoms with Crippen molar-refractivity contribution in [1.29, 1.82) is 0 Å². The maximum Gasteiger partial charge on any atom is 0.213 e. The molecule has 5 heteroatoms. The van der Waals surface area contributed by atoms with Gasteiger partial charge in [0.2, 0.25) is 6.39 Å². The fraction of sp³-hybridized carbons (Fsp3) is 0.429. The average Bonchev–Trinajstić information content (AvgIpc) is 2.92. The summed E-state index contributed by atoms with van der Waals surface area (Å²) in [6.07, 6.45) is 5.48. The van der Waals surface area contributed by atoms with Crippen molar-refractivity contribution in [1.82, 2.24) is 15.5 Å². The van der Waals surface area contributed by atoms with Gasteiger partial charge in [0.05, 0.1) is 0 Å². The highest BCUT2D eigenvalue weighted by molar-refractivity contribution is 5.38. The minimum absolute atomic E-state index is 0.308. The van der Waals surface area contributed by atoms with Gasteiger partial charge in [-0.25, -0.2) is 0 Å². The van der Waals surface area contributed by atoms with Crippen LogP contribution in [0.4, 0.5) is 0 Å². The molecule has 1 aromatic carbocycles. The average molecular weight is 259 g/mol. The molecule has 1 unspecified atom stereocenters. The van der Waals surface area contributed by atoms with Crippen molar-refractivity contribution in [3.63, 3.8) is 0 Å². The van der Waals surface area contributed by atoms with E-state index in [0.29, 0.717) is 11.8 Å². The molecule has 0 bridgehead atoms. The van der Waals surface area contributed by atoms with Crippen molar-refractivity contribution in [2.45, 2.75) is 31.7 Å². The third-order valence-electron chi connectivity index (χ3n) is 3.59. The quantitative estimate of drug-likeness (QED) is 0.878. The first-order valence-electron chi connectivity index (χ1n) is 6.63. The molecule has 0 amide bonds. The SMILES string of the molecule is Oc1ccc2c(c1)C(NCCc1ncon1)CCC2. The number of phenols is 1. The van der Waals surface area contributed by atoms with E-state index in [9.17, 15) is 5.11 Å². The summed E-state index contributed by atoms with van der Waals surface area (Å²) < 4.78 is 4.71. The molecular weight excluding hydrogens is 242 g/mol. The highest BCUT2D eigenvalue weighted by Crippen LogP contribution is 2.31. The zero-order valence-corrected chi connectivity index (χ0v) is 10.7. The number of phenolic OH excluding ortho intramolecular Hbond substituents is 1. The van der Waals surface area contributed by atoms with E-state index in [4.69, 9.17) is 4.52 Å². The molecular formula is C14H17N3O2. The summed E-state index contributed by atoms with van der Waals surface area (Å²) in [6.45, 7) is 0.805. The molecule has 19 heavy (non-hydrogen) atoms. The van der Waals surface area contributed by atoms with Gasteiger partial charge in [-0.05, 0) is 42.5 Å². The number of fused-ring (bicyclic) bond motifs is 1. The summed E-state index contributed by atoms with van der Waals surface area (Å²) in [6, 6.07) is 5.97. The Labute approximate surface area is 111 Å². The van der Waals surface area contributed by atoms with Crippen molar-refractivity contribution in [2.75, 3.05) is 6.54 Å². The zero-order valence-electron chi connectivity index (χ0n) is 10.7. The highest BCUT2D eigenvalue weighted by atomic mass is 16.5. The number of rotatable bonds is 4. The van der Waals surface area contributed by atoms with E-state index in [1.807, 2.05) is 12.1 Å². The zero-order chi connectivity index (χ0) is 13.1. The molecule has 5 nitrogen and oxygen atoms in total. The minimum Gasteiger partial charge on any atom is -0.508 e. The van der Waals surface area contributed by atoms with Gasteiger partial charge in [-0.1, -0.05) is 11.2 Å². The molecule has 100 valence electrons. The first-order valence-corrected chi connectivity index (χ1v) is 6.63. The number of benzene rings is 1. The highest BCUT2D eigenvalue weighted by Gasteiger charge is 2.20. The second-order valence-electron chi connectivity index (χ2n) is 4.88. The number of nitrogens with one attached hydrogen (secondary N) is 1. The first-order chi connectivity index (χ1) is 9.33. The fourth-order valence-corrected chi connectivity index (χ4v) is 2.66. The molecule has 0 fully saturated rings. The molecule has 2 N–H and O–H groups in total. The molecule has 1 aromatic heterocycles. The van der Waals surface area contributed by atoms with Crippen LogP contribution >= 0.6 is 0 Å². The van der Waals surface area contributed by atoms with Crippen LogP contribution in [-0.2, 0) is 12.8 Å². The molecule has 1 heterocycles. The number of aryl methyl sites for hydroxylation is 1. The lowest BCUT2D eigenvalue weighted by Crippen LogP contribution is -2.27. The molecule has 0 saturated carbocycles. The van der Waals surface area contributed by atoms with Crippen LogP contribution in [0.2, 0.25) is 0 Å². The molecule has 1 aliphatic rings. The van der Waals surface area contributed by atoms with E-state index in [2.05, 4.69) is 15.5 Å². The second kappa shape index (κ2) is 5.40. The lowest BCUT2D eigenvalue weighted by atomic mass is 9.87. The van der Waals surface area contributed by atoms with Crippen molar-refractivity contribution < 1.29 is 9.63 Å². The Morgan fingerprint density at radius 1 is 1.42 bits per heavy atom. The van der Waals surface area contributed by atoms with Crippen LogP contribution in [0.15, 0.2) is 29.1 Å². The summed E-state index contributed by atoms with van der Waals surface area (Å²) >= 11 is 0. The molecule has 0 aliphatic heterocycles. The van der Waals surface area contributed by atoms with Gasteiger partial charge in [-0.3, -0.25) is 0 Å². The summed E-state index contributed by atoms with van der Waals surface area (Å²) in [5.41, 5.74) is 2.56. The van der Waals surface area contributed by atoms with Crippen molar-refractivity contribution in [2.24, 2.45) is 0 Å². The van der Waals surface area contributed by atoms with Gasteiger partial charge in [0, 0.05) is 19.0 Å². The van der Waals surface area contributed by atoms with E-state index >= 15 is 0 Å². The van der Waals surface area contributed by atoms with E-state index < -0.39 is 0 Å². The Hall–Kier alpha value is -1.88. The van der Waals surface area contributed by atoms with Crippen LogP contribution in [0.5, 0.6) is 5.75 Å². The van der Waals surface area contributed by atoms with Crippen LogP contribution in [0.3, 0.4) is 0 Å². The van der Waals surface area contributed by atoms with Crippen LogP contribution in [0.25, 0.3) is 0 Å². The maximum atomic E-state index is 9.62. The van der Waals surface area contributed by atoms with Gasteiger partial charge in [0.15, 0.2) is 5.82 Å². The van der Waals surface area contributed by atoms with Crippen LogP contribution in [0, 0.1) is 0 Å². The Morgan fingerprint density at radius 2 is 2.37 bits per heavy atom. The normalized spacial score (nSPS) is 18.2. The Kier molecular flexibility index (Phi) is 3.46. The Morgan fingerprint density at radius 3 is 3.21 bits per heavy atom. The second-order valence-corrected chi connectivity index (χ2v) is 4.88. The molecule has 2 aromatic rings. The topological polar surface area (TPSA) is 71.2 Å². The van der Waals surface area contributed by atoms with E-state index in [1.165, 1.54) is 23.9 Å². The van der Waals surface area contributed by atoms with E-state index in [0.717, 1.165) is 31.6 Å². The standard InChI is InChI=1S/C14H17N3O2/c18-11-5-4-10-2-1-3-13(12(10)8-11)15-7-6-14-16-9-19-17-14/h4-5,8-9,13,15,18H,1-3,6-7H2. The molecule has 0 spiro atoms. The largest absolute Gasteiger partial charge is 0.508 e. The van der Waals surface area contributed by atoms with Gasteiger partial charge in [-0.15, -0.1) is 0 Å². The number of aromatic hydroxyl groups is 1. The number of hydrogen-bond acceptors (Lipinski definition) is 5. The van der Waals surface area contributed by atoms with Crippen LogP contribution in [0.1, 0.15) is 35.8 Å². The van der Waals surface area contributed by atoms with Gasteiger partial charge >= 0.3 is 0 Å². The molecule has 0 saturated heterocycles. The smallest absolute Gasteiger partial charge is 0.213 e. The summed E-state index contributed by atoms with van der Waals surface area (Å²) in [5.74, 6) is 1.06. The summed E-state index contributed by atoms with van der Waals surface area (Å²) in [5, 5.41) is 16.9. The lowest BCUT2D eigenvalue weighted by Gasteiger charge is -2.26. The van der Waals surface area contributed by atoms with Crippen molar-refractivity contribution in [3.05, 3.63) is 41.5 Å². The van der Waals surface area contributed by atoms with E-state index in [-0.39, 0.29) is 0 Å².